The largest absolute Gasteiger partial charge is 0.0654 e. The van der Waals surface area contributed by atoms with Gasteiger partial charge in [0.1, 0.15) is 0 Å². The van der Waals surface area contributed by atoms with Gasteiger partial charge in [-0.15, -0.1) is 0 Å². The van der Waals surface area contributed by atoms with Crippen molar-refractivity contribution in [1.29, 1.82) is 0 Å². The van der Waals surface area contributed by atoms with Crippen LogP contribution in [-0.4, -0.2) is 0 Å². The van der Waals surface area contributed by atoms with Gasteiger partial charge in [-0.2, -0.15) is 0 Å². The summed E-state index contributed by atoms with van der Waals surface area (Å²) in [6, 6.07) is 0. The second-order valence-electron chi connectivity index (χ2n) is 8.74. The van der Waals surface area contributed by atoms with Crippen LogP contribution in [0, 0.1) is 12.8 Å². The first-order chi connectivity index (χ1) is 12.8. The average Bonchev–Trinajstić information content (AvgIpc) is 2.65. The van der Waals surface area contributed by atoms with Crippen molar-refractivity contribution in [2.45, 2.75) is 155 Å². The molecule has 0 saturated heterocycles. The molecule has 0 aromatic carbocycles. The summed E-state index contributed by atoms with van der Waals surface area (Å²) >= 11 is 0. The molecule has 0 saturated carbocycles. The Kier molecular flexibility index (Phi) is 23.0. The van der Waals surface area contributed by atoms with E-state index in [9.17, 15) is 0 Å². The zero-order chi connectivity index (χ0) is 19.1. The van der Waals surface area contributed by atoms with Crippen LogP contribution in [0.3, 0.4) is 0 Å². The molecule has 0 amide bonds. The van der Waals surface area contributed by atoms with Gasteiger partial charge in [0.25, 0.3) is 0 Å². The third-order valence-corrected chi connectivity index (χ3v) is 6.04. The summed E-state index contributed by atoms with van der Waals surface area (Å²) in [4.78, 5) is 0. The van der Waals surface area contributed by atoms with Crippen molar-refractivity contribution in [2.75, 3.05) is 0 Å². The van der Waals surface area contributed by atoms with Gasteiger partial charge in [0.15, 0.2) is 0 Å². The predicted octanol–water partition coefficient (Wildman–Crippen LogP) is 10.1. The first-order valence-corrected chi connectivity index (χ1v) is 12.6. The molecule has 0 aliphatic rings. The molecule has 0 fully saturated rings. The minimum atomic E-state index is 0.971. The van der Waals surface area contributed by atoms with E-state index in [-0.39, 0.29) is 0 Å². The van der Waals surface area contributed by atoms with Gasteiger partial charge in [0, 0.05) is 0 Å². The molecule has 0 heteroatoms. The van der Waals surface area contributed by atoms with Crippen molar-refractivity contribution in [1.82, 2.24) is 0 Å². The maximum absolute atomic E-state index is 4.06. The number of hydrogen-bond donors (Lipinski definition) is 0. The lowest BCUT2D eigenvalue weighted by atomic mass is 9.91. The molecule has 1 unspecified atom stereocenters. The lowest BCUT2D eigenvalue weighted by molar-refractivity contribution is 0.388. The predicted molar refractivity (Wildman–Crippen MR) is 122 cm³/mol. The monoisotopic (exact) mass is 365 g/mol. The first-order valence-electron chi connectivity index (χ1n) is 12.6. The van der Waals surface area contributed by atoms with Crippen molar-refractivity contribution in [3.05, 3.63) is 6.92 Å². The summed E-state index contributed by atoms with van der Waals surface area (Å²) in [5.41, 5.74) is 0. The minimum Gasteiger partial charge on any atom is -0.0654 e. The highest BCUT2D eigenvalue weighted by Crippen LogP contribution is 2.22. The highest BCUT2D eigenvalue weighted by atomic mass is 14.1. The molecule has 1 atom stereocenters. The summed E-state index contributed by atoms with van der Waals surface area (Å²) < 4.78 is 0. The van der Waals surface area contributed by atoms with Crippen LogP contribution in [0.15, 0.2) is 0 Å². The van der Waals surface area contributed by atoms with Crippen molar-refractivity contribution in [2.24, 2.45) is 5.92 Å². The molecular weight excluding hydrogens is 312 g/mol. The summed E-state index contributed by atoms with van der Waals surface area (Å²) in [5.74, 6) is 0.971. The zero-order valence-corrected chi connectivity index (χ0v) is 18.8. The van der Waals surface area contributed by atoms with E-state index in [1.54, 1.807) is 0 Å². The molecule has 0 heterocycles. The fourth-order valence-corrected chi connectivity index (χ4v) is 4.20. The van der Waals surface area contributed by atoms with Crippen molar-refractivity contribution < 1.29 is 0 Å². The Balaban J connectivity index is 3.18. The van der Waals surface area contributed by atoms with Crippen molar-refractivity contribution >= 4 is 0 Å². The molecule has 0 N–H and O–H groups in total. The molecule has 157 valence electrons. The molecule has 0 nitrogen and oxygen atoms in total. The maximum Gasteiger partial charge on any atom is -0.0414 e. The lowest BCUT2D eigenvalue weighted by Gasteiger charge is -2.15. The van der Waals surface area contributed by atoms with E-state index in [0.717, 1.165) is 12.3 Å². The van der Waals surface area contributed by atoms with E-state index < -0.39 is 0 Å². The minimum absolute atomic E-state index is 0.971. The van der Waals surface area contributed by atoms with Gasteiger partial charge in [-0.1, -0.05) is 162 Å². The average molecular weight is 366 g/mol. The molecule has 0 aliphatic carbocycles. The van der Waals surface area contributed by atoms with E-state index in [4.69, 9.17) is 0 Å². The first kappa shape index (κ1) is 26.0. The third-order valence-electron chi connectivity index (χ3n) is 6.04. The molecule has 1 radical (unpaired) electrons. The Labute approximate surface area is 168 Å². The normalized spacial score (nSPS) is 12.6. The van der Waals surface area contributed by atoms with Gasteiger partial charge in [0.2, 0.25) is 0 Å². The van der Waals surface area contributed by atoms with Gasteiger partial charge in [-0.25, -0.2) is 0 Å². The molecule has 0 spiro atoms. The molecular formula is C26H53. The van der Waals surface area contributed by atoms with Crippen LogP contribution >= 0.6 is 0 Å². The lowest BCUT2D eigenvalue weighted by Crippen LogP contribution is -2.00. The molecule has 0 bridgehead atoms. The van der Waals surface area contributed by atoms with Crippen molar-refractivity contribution in [3.8, 4) is 0 Å². The van der Waals surface area contributed by atoms with Gasteiger partial charge < -0.3 is 0 Å². The van der Waals surface area contributed by atoms with Crippen molar-refractivity contribution in [3.63, 3.8) is 0 Å². The summed E-state index contributed by atoms with van der Waals surface area (Å²) in [6.45, 7) is 8.67. The van der Waals surface area contributed by atoms with Gasteiger partial charge in [-0.05, 0) is 5.92 Å². The Morgan fingerprint density at radius 2 is 0.769 bits per heavy atom. The van der Waals surface area contributed by atoms with Gasteiger partial charge in [0.05, 0.1) is 0 Å². The van der Waals surface area contributed by atoms with E-state index in [1.807, 2.05) is 0 Å². The van der Waals surface area contributed by atoms with Gasteiger partial charge >= 0.3 is 0 Å². The molecule has 0 aromatic heterocycles. The fraction of sp³-hybridized carbons (Fsp3) is 0.962. The van der Waals surface area contributed by atoms with E-state index in [0.29, 0.717) is 0 Å². The topological polar surface area (TPSA) is 0 Å². The van der Waals surface area contributed by atoms with Crippen LogP contribution in [0.1, 0.15) is 155 Å². The summed E-state index contributed by atoms with van der Waals surface area (Å²) in [7, 11) is 0. The van der Waals surface area contributed by atoms with Crippen LogP contribution in [0.2, 0.25) is 0 Å². The Morgan fingerprint density at radius 3 is 1.15 bits per heavy atom. The van der Waals surface area contributed by atoms with Crippen LogP contribution in [0.5, 0.6) is 0 Å². The fourth-order valence-electron chi connectivity index (χ4n) is 4.20. The van der Waals surface area contributed by atoms with Gasteiger partial charge in [-0.3, -0.25) is 0 Å². The SMILES string of the molecule is [CH2]CCC(CCCC)CCCCCCCCCCCCCCCCCC. The molecule has 0 aliphatic heterocycles. The third kappa shape index (κ3) is 20.3. The number of hydrogen-bond acceptors (Lipinski definition) is 0. The highest BCUT2D eigenvalue weighted by molar-refractivity contribution is 4.61. The zero-order valence-electron chi connectivity index (χ0n) is 18.8. The Morgan fingerprint density at radius 1 is 0.423 bits per heavy atom. The molecule has 0 rings (SSSR count). The molecule has 0 aromatic rings. The quantitative estimate of drug-likeness (QED) is 0.167. The van der Waals surface area contributed by atoms with E-state index in [1.165, 1.54) is 135 Å². The maximum atomic E-state index is 4.06. The van der Waals surface area contributed by atoms with Crippen LogP contribution in [0.25, 0.3) is 0 Å². The van der Waals surface area contributed by atoms with Crippen LogP contribution in [-0.2, 0) is 0 Å². The van der Waals surface area contributed by atoms with Crippen LogP contribution < -0.4 is 0 Å². The number of rotatable bonds is 22. The Bertz CT molecular complexity index is 232. The summed E-state index contributed by atoms with van der Waals surface area (Å²) in [6.07, 6.45) is 31.7. The second-order valence-corrected chi connectivity index (χ2v) is 8.74. The van der Waals surface area contributed by atoms with E-state index >= 15 is 0 Å². The van der Waals surface area contributed by atoms with E-state index in [2.05, 4.69) is 20.8 Å². The second kappa shape index (κ2) is 23.0. The smallest absolute Gasteiger partial charge is 0.0414 e. The Hall–Kier alpha value is 0. The summed E-state index contributed by atoms with van der Waals surface area (Å²) in [5, 5.41) is 0. The number of unbranched alkanes of at least 4 members (excludes halogenated alkanes) is 16. The van der Waals surface area contributed by atoms with Crippen LogP contribution in [0.4, 0.5) is 0 Å². The molecule has 26 heavy (non-hydrogen) atoms. The standard InChI is InChI=1S/C26H53/c1-4-7-9-10-11-12-13-14-15-16-17-18-19-20-21-22-25-26(23-6-3)24-8-5-2/h26H,3-25H2,1-2H3. The highest BCUT2D eigenvalue weighted by Gasteiger charge is 2.06.